The van der Waals surface area contributed by atoms with Crippen molar-refractivity contribution in [2.75, 3.05) is 18.4 Å². The zero-order chi connectivity index (χ0) is 17.8. The van der Waals surface area contributed by atoms with E-state index in [4.69, 9.17) is 4.74 Å². The van der Waals surface area contributed by atoms with E-state index in [1.165, 1.54) is 11.1 Å². The van der Waals surface area contributed by atoms with Crippen molar-refractivity contribution in [3.63, 3.8) is 0 Å². The van der Waals surface area contributed by atoms with Gasteiger partial charge in [0.2, 0.25) is 0 Å². The summed E-state index contributed by atoms with van der Waals surface area (Å²) in [7, 11) is 0. The number of morpholine rings is 1. The molecule has 132 valence electrons. The molecule has 0 aliphatic carbocycles. The number of hydrogen-bond acceptors (Lipinski definition) is 3. The Balaban J connectivity index is 1.60. The Kier molecular flexibility index (Phi) is 5.39. The van der Waals surface area contributed by atoms with E-state index >= 15 is 0 Å². The van der Waals surface area contributed by atoms with Gasteiger partial charge in [0.15, 0.2) is 0 Å². The number of nitrogens with zero attached hydrogens (tertiary/aromatic N) is 1. The van der Waals surface area contributed by atoms with Crippen molar-refractivity contribution >= 4 is 11.6 Å². The Bertz CT molecular complexity index is 717. The summed E-state index contributed by atoms with van der Waals surface area (Å²) in [6.45, 7) is 8.18. The molecule has 1 N–H and O–H groups in total. The fraction of sp³-hybridized carbons (Fsp3) is 0.381. The number of carbonyl (C=O) groups is 1. The van der Waals surface area contributed by atoms with Crippen LogP contribution >= 0.6 is 0 Å². The lowest BCUT2D eigenvalue weighted by Gasteiger charge is -2.35. The zero-order valence-corrected chi connectivity index (χ0v) is 15.2. The molecular formula is C21H26N2O2. The van der Waals surface area contributed by atoms with Crippen molar-refractivity contribution in [3.8, 4) is 0 Å². The van der Waals surface area contributed by atoms with Crippen LogP contribution in [-0.4, -0.2) is 36.1 Å². The lowest BCUT2D eigenvalue weighted by molar-refractivity contribution is -0.0586. The summed E-state index contributed by atoms with van der Waals surface area (Å²) >= 11 is 0. The van der Waals surface area contributed by atoms with Gasteiger partial charge in [-0.25, -0.2) is 0 Å². The highest BCUT2D eigenvalue weighted by Crippen LogP contribution is 2.17. The van der Waals surface area contributed by atoms with Gasteiger partial charge in [-0.3, -0.25) is 4.79 Å². The predicted molar refractivity (Wildman–Crippen MR) is 101 cm³/mol. The van der Waals surface area contributed by atoms with Gasteiger partial charge in [-0.15, -0.1) is 0 Å². The van der Waals surface area contributed by atoms with Gasteiger partial charge in [-0.2, -0.15) is 0 Å². The molecule has 1 fully saturated rings. The van der Waals surface area contributed by atoms with Gasteiger partial charge >= 0.3 is 0 Å². The second kappa shape index (κ2) is 7.70. The number of hydrogen-bond donors (Lipinski definition) is 1. The van der Waals surface area contributed by atoms with E-state index in [-0.39, 0.29) is 18.1 Å². The molecule has 0 aromatic heterocycles. The van der Waals surface area contributed by atoms with E-state index in [0.717, 1.165) is 17.8 Å². The first-order valence-corrected chi connectivity index (χ1v) is 8.85. The van der Waals surface area contributed by atoms with Crippen LogP contribution in [0.3, 0.4) is 0 Å². The standard InChI is InChI=1S/C21H26N2O2/c1-15-5-4-6-18(11-15)12-22-20-9-7-19(8-10-20)21(24)23-13-16(2)25-17(3)14-23/h4-11,16-17,22H,12-14H2,1-3H3. The zero-order valence-electron chi connectivity index (χ0n) is 15.2. The second-order valence-electron chi connectivity index (χ2n) is 6.89. The minimum absolute atomic E-state index is 0.0761. The molecule has 3 rings (SSSR count). The summed E-state index contributed by atoms with van der Waals surface area (Å²) in [5.74, 6) is 0.0761. The molecule has 2 unspecified atom stereocenters. The van der Waals surface area contributed by atoms with Gasteiger partial charge in [0.1, 0.15) is 0 Å². The number of amides is 1. The number of rotatable bonds is 4. The highest BCUT2D eigenvalue weighted by molar-refractivity contribution is 5.94. The summed E-state index contributed by atoms with van der Waals surface area (Å²) in [6, 6.07) is 16.2. The van der Waals surface area contributed by atoms with Crippen molar-refractivity contribution in [1.82, 2.24) is 4.90 Å². The Hall–Kier alpha value is -2.33. The molecule has 1 amide bonds. The maximum Gasteiger partial charge on any atom is 0.254 e. The van der Waals surface area contributed by atoms with Crippen LogP contribution in [0.15, 0.2) is 48.5 Å². The molecule has 1 heterocycles. The minimum atomic E-state index is 0.0761. The van der Waals surface area contributed by atoms with Crippen LogP contribution in [0.4, 0.5) is 5.69 Å². The topological polar surface area (TPSA) is 41.6 Å². The molecule has 2 atom stereocenters. The fourth-order valence-corrected chi connectivity index (χ4v) is 3.28. The first kappa shape index (κ1) is 17.5. The number of anilines is 1. The number of ether oxygens (including phenoxy) is 1. The quantitative estimate of drug-likeness (QED) is 0.920. The van der Waals surface area contributed by atoms with Crippen molar-refractivity contribution in [2.24, 2.45) is 0 Å². The van der Waals surface area contributed by atoms with Crippen molar-refractivity contribution in [3.05, 3.63) is 65.2 Å². The Morgan fingerprint density at radius 1 is 1.12 bits per heavy atom. The van der Waals surface area contributed by atoms with E-state index < -0.39 is 0 Å². The maximum atomic E-state index is 12.7. The first-order valence-electron chi connectivity index (χ1n) is 8.85. The SMILES string of the molecule is Cc1cccc(CNc2ccc(C(=O)N3CC(C)OC(C)C3)cc2)c1. The van der Waals surface area contributed by atoms with Crippen LogP contribution in [0.2, 0.25) is 0 Å². The number of nitrogens with one attached hydrogen (secondary N) is 1. The summed E-state index contributed by atoms with van der Waals surface area (Å²) in [4.78, 5) is 14.6. The third-order valence-corrected chi connectivity index (χ3v) is 4.42. The summed E-state index contributed by atoms with van der Waals surface area (Å²) in [5.41, 5.74) is 4.25. The molecule has 0 saturated carbocycles. The predicted octanol–water partition coefficient (Wildman–Crippen LogP) is 3.86. The van der Waals surface area contributed by atoms with Crippen molar-refractivity contribution < 1.29 is 9.53 Å². The highest BCUT2D eigenvalue weighted by atomic mass is 16.5. The second-order valence-corrected chi connectivity index (χ2v) is 6.89. The van der Waals surface area contributed by atoms with Crippen LogP contribution in [0.25, 0.3) is 0 Å². The van der Waals surface area contributed by atoms with Gasteiger partial charge in [-0.1, -0.05) is 29.8 Å². The van der Waals surface area contributed by atoms with Gasteiger partial charge in [0, 0.05) is 30.9 Å². The Labute approximate surface area is 149 Å². The molecule has 4 heteroatoms. The third kappa shape index (κ3) is 4.60. The molecule has 2 aromatic carbocycles. The molecule has 1 aliphatic heterocycles. The van der Waals surface area contributed by atoms with E-state index in [9.17, 15) is 4.79 Å². The molecule has 1 saturated heterocycles. The van der Waals surface area contributed by atoms with Crippen LogP contribution in [0.5, 0.6) is 0 Å². The van der Waals surface area contributed by atoms with Crippen LogP contribution < -0.4 is 5.32 Å². The number of benzene rings is 2. The van der Waals surface area contributed by atoms with Gasteiger partial charge in [0.25, 0.3) is 5.91 Å². The summed E-state index contributed by atoms with van der Waals surface area (Å²) < 4.78 is 5.70. The monoisotopic (exact) mass is 338 g/mol. The largest absolute Gasteiger partial charge is 0.381 e. The average molecular weight is 338 g/mol. The molecule has 2 aromatic rings. The molecule has 0 radical (unpaired) electrons. The van der Waals surface area contributed by atoms with E-state index in [1.807, 2.05) is 43.0 Å². The molecule has 1 aliphatic rings. The molecule has 25 heavy (non-hydrogen) atoms. The third-order valence-electron chi connectivity index (χ3n) is 4.42. The number of carbonyl (C=O) groups excluding carboxylic acids is 1. The van der Waals surface area contributed by atoms with Crippen LogP contribution in [0, 0.1) is 6.92 Å². The highest BCUT2D eigenvalue weighted by Gasteiger charge is 2.26. The van der Waals surface area contributed by atoms with E-state index in [1.54, 1.807) is 0 Å². The van der Waals surface area contributed by atoms with E-state index in [0.29, 0.717) is 13.1 Å². The Morgan fingerprint density at radius 3 is 2.44 bits per heavy atom. The molecule has 0 bridgehead atoms. The lowest BCUT2D eigenvalue weighted by atomic mass is 10.1. The first-order chi connectivity index (χ1) is 12.0. The molecule has 4 nitrogen and oxygen atoms in total. The maximum absolute atomic E-state index is 12.7. The van der Waals surface area contributed by atoms with E-state index in [2.05, 4.69) is 36.5 Å². The summed E-state index contributed by atoms with van der Waals surface area (Å²) in [6.07, 6.45) is 0.172. The lowest BCUT2D eigenvalue weighted by Crippen LogP contribution is -2.48. The normalized spacial score (nSPS) is 20.4. The Morgan fingerprint density at radius 2 is 1.80 bits per heavy atom. The molecular weight excluding hydrogens is 312 g/mol. The fourth-order valence-electron chi connectivity index (χ4n) is 3.28. The smallest absolute Gasteiger partial charge is 0.254 e. The summed E-state index contributed by atoms with van der Waals surface area (Å²) in [5, 5.41) is 3.40. The van der Waals surface area contributed by atoms with Gasteiger partial charge < -0.3 is 15.0 Å². The number of aryl methyl sites for hydroxylation is 1. The van der Waals surface area contributed by atoms with Crippen LogP contribution in [-0.2, 0) is 11.3 Å². The molecule has 0 spiro atoms. The van der Waals surface area contributed by atoms with Crippen molar-refractivity contribution in [2.45, 2.75) is 39.5 Å². The van der Waals surface area contributed by atoms with Gasteiger partial charge in [-0.05, 0) is 50.6 Å². The van der Waals surface area contributed by atoms with Crippen molar-refractivity contribution in [1.29, 1.82) is 0 Å². The minimum Gasteiger partial charge on any atom is -0.381 e. The van der Waals surface area contributed by atoms with Crippen LogP contribution in [0.1, 0.15) is 35.3 Å². The van der Waals surface area contributed by atoms with Gasteiger partial charge in [0.05, 0.1) is 12.2 Å². The average Bonchev–Trinajstić information content (AvgIpc) is 2.59.